The Kier molecular flexibility index (Phi) is 4.31. The third-order valence-electron chi connectivity index (χ3n) is 2.26. The molecule has 0 unspecified atom stereocenters. The Hall–Kier alpha value is -1.27. The average Bonchev–Trinajstić information content (AvgIpc) is 2.35. The third kappa shape index (κ3) is 3.39. The minimum atomic E-state index is 0.389. The van der Waals surface area contributed by atoms with E-state index in [1.807, 2.05) is 0 Å². The van der Waals surface area contributed by atoms with Gasteiger partial charge in [0.15, 0.2) is 0 Å². The van der Waals surface area contributed by atoms with Crippen molar-refractivity contribution < 1.29 is 0 Å². The first-order valence-corrected chi connectivity index (χ1v) is 6.37. The minimum absolute atomic E-state index is 0.389. The van der Waals surface area contributed by atoms with Crippen molar-refractivity contribution in [1.82, 2.24) is 9.97 Å². The second-order valence-electron chi connectivity index (χ2n) is 3.70. The zero-order chi connectivity index (χ0) is 14.0. The lowest BCUT2D eigenvalue weighted by Gasteiger charge is -2.10. The molecule has 0 bridgehead atoms. The molecule has 0 aliphatic rings. The van der Waals surface area contributed by atoms with Crippen molar-refractivity contribution in [3.63, 3.8) is 0 Å². The SMILES string of the molecule is Cc1nc(NN)cc(Nc2cc(Cl)c(Cl)cc2Cl)n1. The summed E-state index contributed by atoms with van der Waals surface area (Å²) in [6.07, 6.45) is 0. The monoisotopic (exact) mass is 317 g/mol. The highest BCUT2D eigenvalue weighted by atomic mass is 35.5. The standard InChI is InChI=1S/C11H10Cl3N5/c1-5-16-10(4-11(17-5)19-15)18-9-3-7(13)6(12)2-8(9)14/h2-4H,15H2,1H3,(H2,16,17,18,19). The van der Waals surface area contributed by atoms with Crippen LogP contribution in [0.15, 0.2) is 18.2 Å². The molecule has 1 aromatic heterocycles. The van der Waals surface area contributed by atoms with Crippen LogP contribution in [0, 0.1) is 6.92 Å². The number of nitrogens with one attached hydrogen (secondary N) is 2. The zero-order valence-corrected chi connectivity index (χ0v) is 12.1. The first kappa shape index (κ1) is 14.1. The fraction of sp³-hybridized carbons (Fsp3) is 0.0909. The van der Waals surface area contributed by atoms with Crippen molar-refractivity contribution in [2.45, 2.75) is 6.92 Å². The molecule has 0 aliphatic heterocycles. The highest BCUT2D eigenvalue weighted by Gasteiger charge is 2.08. The molecule has 0 spiro atoms. The van der Waals surface area contributed by atoms with Crippen molar-refractivity contribution in [3.05, 3.63) is 39.1 Å². The van der Waals surface area contributed by atoms with E-state index in [1.165, 1.54) is 0 Å². The number of nitrogens with two attached hydrogens (primary N) is 1. The molecule has 0 atom stereocenters. The van der Waals surface area contributed by atoms with E-state index >= 15 is 0 Å². The van der Waals surface area contributed by atoms with E-state index < -0.39 is 0 Å². The number of hydrazine groups is 1. The summed E-state index contributed by atoms with van der Waals surface area (Å²) in [7, 11) is 0. The predicted octanol–water partition coefficient (Wildman–Crippen LogP) is 3.77. The molecular weight excluding hydrogens is 309 g/mol. The maximum absolute atomic E-state index is 6.08. The number of benzene rings is 1. The van der Waals surface area contributed by atoms with E-state index in [-0.39, 0.29) is 0 Å². The lowest BCUT2D eigenvalue weighted by molar-refractivity contribution is 1.05. The lowest BCUT2D eigenvalue weighted by Crippen LogP contribution is -2.10. The lowest BCUT2D eigenvalue weighted by atomic mass is 10.3. The summed E-state index contributed by atoms with van der Waals surface area (Å²) in [4.78, 5) is 8.30. The van der Waals surface area contributed by atoms with Crippen LogP contribution in [0.4, 0.5) is 17.3 Å². The van der Waals surface area contributed by atoms with Crippen LogP contribution in [0.1, 0.15) is 5.82 Å². The van der Waals surface area contributed by atoms with Crippen LogP contribution < -0.4 is 16.6 Å². The maximum Gasteiger partial charge on any atom is 0.145 e. The topological polar surface area (TPSA) is 75.9 Å². The van der Waals surface area contributed by atoms with Gasteiger partial charge in [-0.2, -0.15) is 0 Å². The summed E-state index contributed by atoms with van der Waals surface area (Å²) in [6.45, 7) is 1.75. The first-order chi connectivity index (χ1) is 8.99. The smallest absolute Gasteiger partial charge is 0.145 e. The van der Waals surface area contributed by atoms with Crippen LogP contribution in [0.2, 0.25) is 15.1 Å². The van der Waals surface area contributed by atoms with E-state index in [4.69, 9.17) is 40.6 Å². The molecule has 1 aromatic carbocycles. The molecule has 0 fully saturated rings. The van der Waals surface area contributed by atoms with Gasteiger partial charge in [-0.3, -0.25) is 0 Å². The van der Waals surface area contributed by atoms with E-state index in [1.54, 1.807) is 25.1 Å². The Labute approximate surface area is 125 Å². The summed E-state index contributed by atoms with van der Waals surface area (Å²) in [5.74, 6) is 6.92. The molecule has 0 saturated carbocycles. The molecule has 4 N–H and O–H groups in total. The summed E-state index contributed by atoms with van der Waals surface area (Å²) < 4.78 is 0. The van der Waals surface area contributed by atoms with Crippen molar-refractivity contribution in [3.8, 4) is 0 Å². The van der Waals surface area contributed by atoms with Crippen LogP contribution in [-0.4, -0.2) is 9.97 Å². The second-order valence-corrected chi connectivity index (χ2v) is 4.92. The number of hydrogen-bond donors (Lipinski definition) is 3. The van der Waals surface area contributed by atoms with Crippen molar-refractivity contribution in [2.24, 2.45) is 5.84 Å². The Bertz CT molecular complexity index is 618. The van der Waals surface area contributed by atoms with Crippen molar-refractivity contribution in [1.29, 1.82) is 0 Å². The molecule has 0 aliphatic carbocycles. The van der Waals surface area contributed by atoms with Gasteiger partial charge in [0.2, 0.25) is 0 Å². The van der Waals surface area contributed by atoms with Crippen LogP contribution >= 0.6 is 34.8 Å². The van der Waals surface area contributed by atoms with E-state index in [2.05, 4.69) is 20.7 Å². The van der Waals surface area contributed by atoms with Gasteiger partial charge in [-0.15, -0.1) is 0 Å². The van der Waals surface area contributed by atoms with E-state index in [9.17, 15) is 0 Å². The Morgan fingerprint density at radius 2 is 1.58 bits per heavy atom. The van der Waals surface area contributed by atoms with Gasteiger partial charge in [0, 0.05) is 6.07 Å². The number of aryl methyl sites for hydroxylation is 1. The summed E-state index contributed by atoms with van der Waals surface area (Å²) in [5, 5.41) is 4.26. The molecular formula is C11H10Cl3N5. The van der Waals surface area contributed by atoms with Gasteiger partial charge < -0.3 is 10.7 Å². The quantitative estimate of drug-likeness (QED) is 0.456. The molecule has 19 heavy (non-hydrogen) atoms. The van der Waals surface area contributed by atoms with Crippen molar-refractivity contribution >= 4 is 52.1 Å². The Morgan fingerprint density at radius 3 is 2.26 bits per heavy atom. The molecule has 0 amide bonds. The maximum atomic E-state index is 6.08. The fourth-order valence-corrected chi connectivity index (χ4v) is 2.06. The summed E-state index contributed by atoms with van der Waals surface area (Å²) in [6, 6.07) is 4.83. The number of rotatable bonds is 3. The molecule has 1 heterocycles. The third-order valence-corrected chi connectivity index (χ3v) is 3.29. The normalized spacial score (nSPS) is 10.4. The number of nitrogen functional groups attached to an aromatic ring is 1. The van der Waals surface area contributed by atoms with Crippen LogP contribution in [0.25, 0.3) is 0 Å². The van der Waals surface area contributed by atoms with E-state index in [0.717, 1.165) is 0 Å². The molecule has 2 rings (SSSR count). The highest BCUT2D eigenvalue weighted by Crippen LogP contribution is 2.33. The molecule has 100 valence electrons. The largest absolute Gasteiger partial charge is 0.339 e. The Morgan fingerprint density at radius 1 is 0.947 bits per heavy atom. The van der Waals surface area contributed by atoms with Crippen LogP contribution in [0.5, 0.6) is 0 Å². The average molecular weight is 319 g/mol. The molecule has 8 heteroatoms. The van der Waals surface area contributed by atoms with Gasteiger partial charge in [0.05, 0.1) is 20.8 Å². The number of aromatic nitrogens is 2. The number of hydrogen-bond acceptors (Lipinski definition) is 5. The number of nitrogens with zero attached hydrogens (tertiary/aromatic N) is 2. The van der Waals surface area contributed by atoms with E-state index in [0.29, 0.717) is 38.2 Å². The minimum Gasteiger partial charge on any atom is -0.339 e. The Balaban J connectivity index is 2.36. The van der Waals surface area contributed by atoms with Gasteiger partial charge in [-0.05, 0) is 19.1 Å². The van der Waals surface area contributed by atoms with Gasteiger partial charge in [-0.25, -0.2) is 15.8 Å². The predicted molar refractivity (Wildman–Crippen MR) is 79.3 cm³/mol. The van der Waals surface area contributed by atoms with Gasteiger partial charge in [0.1, 0.15) is 17.5 Å². The number of anilines is 3. The molecule has 5 nitrogen and oxygen atoms in total. The summed E-state index contributed by atoms with van der Waals surface area (Å²) >= 11 is 17.9. The molecule has 2 aromatic rings. The van der Waals surface area contributed by atoms with Crippen molar-refractivity contribution in [2.75, 3.05) is 10.7 Å². The zero-order valence-electron chi connectivity index (χ0n) is 9.84. The van der Waals surface area contributed by atoms with Gasteiger partial charge >= 0.3 is 0 Å². The first-order valence-electron chi connectivity index (χ1n) is 5.23. The summed E-state index contributed by atoms with van der Waals surface area (Å²) in [5.41, 5.74) is 3.05. The molecule has 0 saturated heterocycles. The number of halogens is 3. The van der Waals surface area contributed by atoms with Crippen LogP contribution in [-0.2, 0) is 0 Å². The van der Waals surface area contributed by atoms with Gasteiger partial charge in [0.25, 0.3) is 0 Å². The highest BCUT2D eigenvalue weighted by molar-refractivity contribution is 6.44. The van der Waals surface area contributed by atoms with Crippen LogP contribution in [0.3, 0.4) is 0 Å². The van der Waals surface area contributed by atoms with Gasteiger partial charge in [-0.1, -0.05) is 34.8 Å². The molecule has 0 radical (unpaired) electrons. The second kappa shape index (κ2) is 5.79. The fourth-order valence-electron chi connectivity index (χ4n) is 1.46.